The Labute approximate surface area is 198 Å². The fourth-order valence-electron chi connectivity index (χ4n) is 4.82. The Bertz CT molecular complexity index is 1070. The molecular formula is C26H29FN2O5. The average Bonchev–Trinajstić information content (AvgIpc) is 3.08. The van der Waals surface area contributed by atoms with Gasteiger partial charge in [0.15, 0.2) is 0 Å². The van der Waals surface area contributed by atoms with Crippen LogP contribution in [0.5, 0.6) is 11.5 Å². The van der Waals surface area contributed by atoms with Crippen molar-refractivity contribution in [2.45, 2.75) is 31.1 Å². The van der Waals surface area contributed by atoms with Gasteiger partial charge in [-0.1, -0.05) is 12.1 Å². The summed E-state index contributed by atoms with van der Waals surface area (Å²) < 4.78 is 24.2. The van der Waals surface area contributed by atoms with Gasteiger partial charge in [0.1, 0.15) is 17.3 Å². The molecule has 0 bridgehead atoms. The van der Waals surface area contributed by atoms with Crippen LogP contribution < -0.4 is 9.47 Å². The van der Waals surface area contributed by atoms with Gasteiger partial charge in [-0.3, -0.25) is 19.3 Å². The van der Waals surface area contributed by atoms with Crippen molar-refractivity contribution in [1.82, 2.24) is 9.80 Å². The van der Waals surface area contributed by atoms with Gasteiger partial charge in [0.05, 0.1) is 19.1 Å². The molecule has 0 N–H and O–H groups in total. The van der Waals surface area contributed by atoms with E-state index in [0.29, 0.717) is 36.8 Å². The Balaban J connectivity index is 1.48. The summed E-state index contributed by atoms with van der Waals surface area (Å²) >= 11 is 0. The standard InChI is InChI=1S/C26H29FN2O5/c1-28-23(30)14-26(25(28)32,19-6-3-7-22(13-19)33-2)15-24(31)29-12-4-5-18(16-29)17-34-21-10-8-20(27)9-11-21/h3,6-11,13,18H,4-5,12,14-17H2,1-2H3/t18-,26-/m1/s1. The number of benzene rings is 2. The number of likely N-dealkylation sites (N-methyl/N-ethyl adjacent to an activating group) is 1. The number of hydrogen-bond donors (Lipinski definition) is 0. The largest absolute Gasteiger partial charge is 0.497 e. The van der Waals surface area contributed by atoms with Crippen molar-refractivity contribution in [3.63, 3.8) is 0 Å². The van der Waals surface area contributed by atoms with E-state index in [-0.39, 0.29) is 42.3 Å². The minimum absolute atomic E-state index is 0.0494. The molecule has 2 aliphatic heterocycles. The Hall–Kier alpha value is -3.42. The van der Waals surface area contributed by atoms with Gasteiger partial charge < -0.3 is 14.4 Å². The number of imide groups is 1. The molecule has 4 rings (SSSR count). The highest BCUT2D eigenvalue weighted by Crippen LogP contribution is 2.41. The minimum Gasteiger partial charge on any atom is -0.497 e. The maximum absolute atomic E-state index is 13.4. The van der Waals surface area contributed by atoms with E-state index in [0.717, 1.165) is 17.7 Å². The zero-order valence-electron chi connectivity index (χ0n) is 19.5. The number of amides is 3. The van der Waals surface area contributed by atoms with Crippen LogP contribution in [0.3, 0.4) is 0 Å². The maximum atomic E-state index is 13.4. The molecule has 2 aliphatic rings. The van der Waals surface area contributed by atoms with Crippen LogP contribution in [-0.2, 0) is 19.8 Å². The first-order valence-electron chi connectivity index (χ1n) is 11.4. The summed E-state index contributed by atoms with van der Waals surface area (Å²) in [5, 5.41) is 0. The summed E-state index contributed by atoms with van der Waals surface area (Å²) in [6, 6.07) is 12.9. The third-order valence-electron chi connectivity index (χ3n) is 6.79. The lowest BCUT2D eigenvalue weighted by Gasteiger charge is -2.35. The van der Waals surface area contributed by atoms with Crippen molar-refractivity contribution in [1.29, 1.82) is 0 Å². The van der Waals surface area contributed by atoms with E-state index < -0.39 is 5.41 Å². The van der Waals surface area contributed by atoms with Gasteiger partial charge in [-0.15, -0.1) is 0 Å². The van der Waals surface area contributed by atoms with Gasteiger partial charge in [0.2, 0.25) is 17.7 Å². The lowest BCUT2D eigenvalue weighted by atomic mass is 9.75. The van der Waals surface area contributed by atoms with E-state index in [1.807, 2.05) is 0 Å². The minimum atomic E-state index is -1.24. The quantitative estimate of drug-likeness (QED) is 0.584. The number of carbonyl (C=O) groups excluding carboxylic acids is 3. The number of likely N-dealkylation sites (tertiary alicyclic amines) is 2. The van der Waals surface area contributed by atoms with E-state index in [9.17, 15) is 18.8 Å². The van der Waals surface area contributed by atoms with Gasteiger partial charge in [0.25, 0.3) is 0 Å². The van der Waals surface area contributed by atoms with E-state index in [1.165, 1.54) is 26.3 Å². The molecule has 8 heteroatoms. The van der Waals surface area contributed by atoms with Crippen molar-refractivity contribution in [2.75, 3.05) is 33.9 Å². The van der Waals surface area contributed by atoms with E-state index >= 15 is 0 Å². The van der Waals surface area contributed by atoms with Crippen molar-refractivity contribution in [3.8, 4) is 11.5 Å². The number of halogens is 1. The van der Waals surface area contributed by atoms with E-state index in [1.54, 1.807) is 41.3 Å². The average molecular weight is 469 g/mol. The summed E-state index contributed by atoms with van der Waals surface area (Å²) in [4.78, 5) is 42.0. The summed E-state index contributed by atoms with van der Waals surface area (Å²) in [5.74, 6) is 0.120. The predicted octanol–water partition coefficient (Wildman–Crippen LogP) is 3.17. The Morgan fingerprint density at radius 1 is 1.15 bits per heavy atom. The molecule has 3 amide bonds. The first-order valence-corrected chi connectivity index (χ1v) is 11.4. The fraction of sp³-hybridized carbons (Fsp3) is 0.423. The van der Waals surface area contributed by atoms with Gasteiger partial charge in [-0.05, 0) is 54.8 Å². The second-order valence-corrected chi connectivity index (χ2v) is 9.04. The topological polar surface area (TPSA) is 76.2 Å². The molecule has 2 aromatic rings. The zero-order valence-corrected chi connectivity index (χ0v) is 19.5. The molecule has 2 aromatic carbocycles. The van der Waals surface area contributed by atoms with E-state index in [2.05, 4.69) is 0 Å². The number of hydrogen-bond acceptors (Lipinski definition) is 5. The molecule has 0 radical (unpaired) electrons. The van der Waals surface area contributed by atoms with Crippen LogP contribution >= 0.6 is 0 Å². The van der Waals surface area contributed by atoms with Crippen LogP contribution in [0, 0.1) is 11.7 Å². The number of rotatable bonds is 7. The molecule has 0 saturated carbocycles. The highest BCUT2D eigenvalue weighted by atomic mass is 19.1. The highest BCUT2D eigenvalue weighted by molar-refractivity contribution is 6.10. The van der Waals surface area contributed by atoms with Gasteiger partial charge >= 0.3 is 0 Å². The summed E-state index contributed by atoms with van der Waals surface area (Å²) in [6.07, 6.45) is 1.60. The first kappa shape index (κ1) is 23.7. The third-order valence-corrected chi connectivity index (χ3v) is 6.79. The molecule has 2 heterocycles. The number of ether oxygens (including phenoxy) is 2. The molecule has 7 nitrogen and oxygen atoms in total. The lowest BCUT2D eigenvalue weighted by Crippen LogP contribution is -2.46. The monoisotopic (exact) mass is 468 g/mol. The van der Waals surface area contributed by atoms with Crippen LogP contribution in [0.1, 0.15) is 31.2 Å². The molecule has 0 aliphatic carbocycles. The molecule has 34 heavy (non-hydrogen) atoms. The van der Waals surface area contributed by atoms with Crippen molar-refractivity contribution in [3.05, 3.63) is 59.9 Å². The summed E-state index contributed by atoms with van der Waals surface area (Å²) in [6.45, 7) is 1.51. The molecule has 2 atom stereocenters. The third kappa shape index (κ3) is 4.76. The summed E-state index contributed by atoms with van der Waals surface area (Å²) in [5.41, 5.74) is -0.634. The number of nitrogens with zero attached hydrogens (tertiary/aromatic N) is 2. The van der Waals surface area contributed by atoms with Crippen molar-refractivity contribution < 1.29 is 28.2 Å². The molecule has 0 spiro atoms. The second-order valence-electron chi connectivity index (χ2n) is 9.04. The fourth-order valence-corrected chi connectivity index (χ4v) is 4.82. The molecule has 0 unspecified atom stereocenters. The zero-order chi connectivity index (χ0) is 24.3. The lowest BCUT2D eigenvalue weighted by molar-refractivity contribution is -0.142. The Morgan fingerprint density at radius 2 is 1.91 bits per heavy atom. The predicted molar refractivity (Wildman–Crippen MR) is 123 cm³/mol. The molecule has 2 saturated heterocycles. The first-order chi connectivity index (χ1) is 16.3. The van der Waals surface area contributed by atoms with Crippen molar-refractivity contribution in [2.24, 2.45) is 5.92 Å². The van der Waals surface area contributed by atoms with Crippen LogP contribution in [-0.4, -0.2) is 61.4 Å². The Morgan fingerprint density at radius 3 is 2.59 bits per heavy atom. The van der Waals surface area contributed by atoms with Crippen LogP contribution in [0.25, 0.3) is 0 Å². The molecule has 2 fully saturated rings. The molecular weight excluding hydrogens is 439 g/mol. The van der Waals surface area contributed by atoms with Gasteiger partial charge in [-0.25, -0.2) is 4.39 Å². The highest BCUT2D eigenvalue weighted by Gasteiger charge is 2.53. The molecule has 180 valence electrons. The summed E-state index contributed by atoms with van der Waals surface area (Å²) in [7, 11) is 2.99. The van der Waals surface area contributed by atoms with Crippen LogP contribution in [0.15, 0.2) is 48.5 Å². The maximum Gasteiger partial charge on any atom is 0.240 e. The van der Waals surface area contributed by atoms with Gasteiger partial charge in [-0.2, -0.15) is 0 Å². The number of piperidine rings is 1. The molecule has 0 aromatic heterocycles. The van der Waals surface area contributed by atoms with E-state index in [4.69, 9.17) is 9.47 Å². The van der Waals surface area contributed by atoms with Crippen LogP contribution in [0.2, 0.25) is 0 Å². The van der Waals surface area contributed by atoms with Gasteiger partial charge in [0, 0.05) is 38.9 Å². The smallest absolute Gasteiger partial charge is 0.240 e. The number of methoxy groups -OCH3 is 1. The SMILES string of the molecule is COc1cccc([C@]2(CC(=O)N3CCC[C@@H](COc4ccc(F)cc4)C3)CC(=O)N(C)C2=O)c1. The van der Waals surface area contributed by atoms with Crippen molar-refractivity contribution >= 4 is 17.7 Å². The van der Waals surface area contributed by atoms with Crippen LogP contribution in [0.4, 0.5) is 4.39 Å². The Kier molecular flexibility index (Phi) is 6.86. The number of carbonyl (C=O) groups is 3. The second kappa shape index (κ2) is 9.83. The normalized spacial score (nSPS) is 22.7.